The highest BCUT2D eigenvalue weighted by Crippen LogP contribution is 2.47. The van der Waals surface area contributed by atoms with E-state index in [4.69, 9.17) is 23.7 Å². The SMILES string of the molecule is CC1(C)O[C@H]2OC([C@@H](CC=O)c3ccccc3)[C@@H]3OC(C)(C)O[C@@H]3[C@H]2O1. The Morgan fingerprint density at radius 3 is 2.23 bits per heavy atom. The van der Waals surface area contributed by atoms with E-state index < -0.39 is 17.9 Å². The number of carbonyl (C=O) groups is 1. The van der Waals surface area contributed by atoms with Crippen molar-refractivity contribution in [1.29, 1.82) is 0 Å². The third kappa shape index (κ3) is 3.21. The Bertz CT molecular complexity index is 658. The van der Waals surface area contributed by atoms with Crippen LogP contribution >= 0.6 is 0 Å². The molecule has 4 rings (SSSR count). The topological polar surface area (TPSA) is 63.2 Å². The Balaban J connectivity index is 1.69. The maximum atomic E-state index is 11.4. The minimum absolute atomic E-state index is 0.146. The predicted octanol–water partition coefficient (Wildman–Crippen LogP) is 2.76. The van der Waals surface area contributed by atoms with Crippen LogP contribution in [0.15, 0.2) is 30.3 Å². The molecule has 0 aliphatic carbocycles. The van der Waals surface area contributed by atoms with Gasteiger partial charge in [0.15, 0.2) is 17.9 Å². The van der Waals surface area contributed by atoms with Gasteiger partial charge < -0.3 is 28.5 Å². The molecular weight excluding hydrogens is 336 g/mol. The number of benzene rings is 1. The van der Waals surface area contributed by atoms with Gasteiger partial charge in [-0.05, 0) is 33.3 Å². The maximum absolute atomic E-state index is 11.4. The van der Waals surface area contributed by atoms with Crippen LogP contribution in [-0.4, -0.2) is 48.6 Å². The Labute approximate surface area is 153 Å². The molecule has 0 N–H and O–H groups in total. The summed E-state index contributed by atoms with van der Waals surface area (Å²) >= 11 is 0. The number of rotatable bonds is 4. The third-order valence-electron chi connectivity index (χ3n) is 5.17. The van der Waals surface area contributed by atoms with Gasteiger partial charge in [0.1, 0.15) is 24.6 Å². The van der Waals surface area contributed by atoms with E-state index in [1.807, 2.05) is 58.0 Å². The molecule has 26 heavy (non-hydrogen) atoms. The summed E-state index contributed by atoms with van der Waals surface area (Å²) in [5.41, 5.74) is 1.04. The molecule has 3 fully saturated rings. The molecular formula is C20H26O6. The number of carbonyl (C=O) groups excluding carboxylic acids is 1. The van der Waals surface area contributed by atoms with Crippen LogP contribution in [0.3, 0.4) is 0 Å². The Hall–Kier alpha value is -1.31. The van der Waals surface area contributed by atoms with Gasteiger partial charge >= 0.3 is 0 Å². The summed E-state index contributed by atoms with van der Waals surface area (Å²) in [5, 5.41) is 0. The molecule has 3 aliphatic heterocycles. The fraction of sp³-hybridized carbons (Fsp3) is 0.650. The van der Waals surface area contributed by atoms with Crippen molar-refractivity contribution in [2.45, 2.75) is 82.3 Å². The second-order valence-electron chi connectivity index (χ2n) is 8.05. The quantitative estimate of drug-likeness (QED) is 0.768. The minimum Gasteiger partial charge on any atom is -0.343 e. The van der Waals surface area contributed by atoms with Gasteiger partial charge in [-0.2, -0.15) is 0 Å². The Morgan fingerprint density at radius 2 is 1.54 bits per heavy atom. The molecule has 1 aromatic carbocycles. The van der Waals surface area contributed by atoms with E-state index in [0.717, 1.165) is 11.8 Å². The summed E-state index contributed by atoms with van der Waals surface area (Å²) in [5.74, 6) is -1.64. The molecule has 3 saturated heterocycles. The lowest BCUT2D eigenvalue weighted by Gasteiger charge is -2.40. The van der Waals surface area contributed by atoms with Gasteiger partial charge in [-0.25, -0.2) is 0 Å². The van der Waals surface area contributed by atoms with E-state index in [1.54, 1.807) is 0 Å². The van der Waals surface area contributed by atoms with Crippen LogP contribution in [0.4, 0.5) is 0 Å². The molecule has 0 saturated carbocycles. The maximum Gasteiger partial charge on any atom is 0.190 e. The van der Waals surface area contributed by atoms with Crippen molar-refractivity contribution in [3.63, 3.8) is 0 Å². The average Bonchev–Trinajstić information content (AvgIpc) is 3.07. The molecule has 6 heteroatoms. The second-order valence-corrected chi connectivity index (χ2v) is 8.05. The lowest BCUT2D eigenvalue weighted by atomic mass is 9.83. The van der Waals surface area contributed by atoms with Gasteiger partial charge in [0.2, 0.25) is 0 Å². The smallest absolute Gasteiger partial charge is 0.190 e. The minimum atomic E-state index is -0.752. The van der Waals surface area contributed by atoms with E-state index in [-0.39, 0.29) is 30.3 Å². The molecule has 0 spiro atoms. The van der Waals surface area contributed by atoms with Gasteiger partial charge in [-0.15, -0.1) is 0 Å². The number of ether oxygens (including phenoxy) is 5. The Kier molecular flexibility index (Phi) is 4.44. The molecule has 6 atom stereocenters. The zero-order chi connectivity index (χ0) is 18.5. The molecule has 1 aromatic rings. The van der Waals surface area contributed by atoms with Crippen LogP contribution in [0.1, 0.15) is 45.6 Å². The number of aldehydes is 1. The van der Waals surface area contributed by atoms with Gasteiger partial charge in [0, 0.05) is 12.3 Å². The lowest BCUT2D eigenvalue weighted by molar-refractivity contribution is -0.238. The van der Waals surface area contributed by atoms with E-state index in [2.05, 4.69) is 0 Å². The van der Waals surface area contributed by atoms with E-state index in [9.17, 15) is 4.79 Å². The first-order valence-corrected chi connectivity index (χ1v) is 9.15. The average molecular weight is 362 g/mol. The van der Waals surface area contributed by atoms with Gasteiger partial charge in [0.05, 0.1) is 6.10 Å². The number of hydrogen-bond acceptors (Lipinski definition) is 6. The van der Waals surface area contributed by atoms with Crippen molar-refractivity contribution in [3.05, 3.63) is 35.9 Å². The Morgan fingerprint density at radius 1 is 0.923 bits per heavy atom. The van der Waals surface area contributed by atoms with Gasteiger partial charge in [-0.1, -0.05) is 30.3 Å². The molecule has 0 aromatic heterocycles. The largest absolute Gasteiger partial charge is 0.343 e. The van der Waals surface area contributed by atoms with E-state index in [0.29, 0.717) is 6.42 Å². The summed E-state index contributed by atoms with van der Waals surface area (Å²) in [6, 6.07) is 9.90. The first-order valence-electron chi connectivity index (χ1n) is 9.15. The molecule has 3 heterocycles. The molecule has 142 valence electrons. The molecule has 1 unspecified atom stereocenters. The highest BCUT2D eigenvalue weighted by Gasteiger charge is 2.61. The van der Waals surface area contributed by atoms with Gasteiger partial charge in [-0.3, -0.25) is 0 Å². The van der Waals surface area contributed by atoms with Crippen LogP contribution in [0, 0.1) is 0 Å². The molecule has 6 nitrogen and oxygen atoms in total. The van der Waals surface area contributed by atoms with Crippen LogP contribution in [0.25, 0.3) is 0 Å². The lowest BCUT2D eigenvalue weighted by Crippen LogP contribution is -2.56. The summed E-state index contributed by atoms with van der Waals surface area (Å²) in [7, 11) is 0. The first kappa shape index (κ1) is 18.1. The summed E-state index contributed by atoms with van der Waals surface area (Å²) in [4.78, 5) is 11.4. The predicted molar refractivity (Wildman–Crippen MR) is 92.4 cm³/mol. The highest BCUT2D eigenvalue weighted by molar-refractivity contribution is 5.52. The molecule has 3 aliphatic rings. The zero-order valence-corrected chi connectivity index (χ0v) is 15.6. The van der Waals surface area contributed by atoms with Crippen molar-refractivity contribution in [2.24, 2.45) is 0 Å². The molecule has 0 radical (unpaired) electrons. The van der Waals surface area contributed by atoms with Crippen molar-refractivity contribution >= 4 is 6.29 Å². The summed E-state index contributed by atoms with van der Waals surface area (Å²) in [6.07, 6.45) is -0.662. The van der Waals surface area contributed by atoms with Crippen LogP contribution < -0.4 is 0 Å². The van der Waals surface area contributed by atoms with Crippen molar-refractivity contribution < 1.29 is 28.5 Å². The van der Waals surface area contributed by atoms with Crippen LogP contribution in [0.2, 0.25) is 0 Å². The number of hydrogen-bond donors (Lipinski definition) is 0. The normalized spacial score (nSPS) is 38.4. The monoisotopic (exact) mass is 362 g/mol. The van der Waals surface area contributed by atoms with Crippen LogP contribution in [-0.2, 0) is 28.5 Å². The van der Waals surface area contributed by atoms with Crippen molar-refractivity contribution in [3.8, 4) is 0 Å². The van der Waals surface area contributed by atoms with Crippen molar-refractivity contribution in [1.82, 2.24) is 0 Å². The van der Waals surface area contributed by atoms with E-state index >= 15 is 0 Å². The zero-order valence-electron chi connectivity index (χ0n) is 15.6. The second kappa shape index (κ2) is 6.39. The number of fused-ring (bicyclic) bond motifs is 3. The van der Waals surface area contributed by atoms with E-state index in [1.165, 1.54) is 0 Å². The first-order chi connectivity index (χ1) is 12.3. The highest BCUT2D eigenvalue weighted by atomic mass is 16.9. The van der Waals surface area contributed by atoms with Crippen LogP contribution in [0.5, 0.6) is 0 Å². The fourth-order valence-corrected chi connectivity index (χ4v) is 4.23. The molecule has 0 amide bonds. The molecule has 0 bridgehead atoms. The fourth-order valence-electron chi connectivity index (χ4n) is 4.23. The summed E-state index contributed by atoms with van der Waals surface area (Å²) < 4.78 is 30.6. The van der Waals surface area contributed by atoms with Crippen molar-refractivity contribution in [2.75, 3.05) is 0 Å². The van der Waals surface area contributed by atoms with Gasteiger partial charge in [0.25, 0.3) is 0 Å². The third-order valence-corrected chi connectivity index (χ3v) is 5.17. The summed E-state index contributed by atoms with van der Waals surface area (Å²) in [6.45, 7) is 7.49. The standard InChI is InChI=1S/C20H26O6/c1-19(2)23-15-14(13(10-11-21)12-8-6-5-7-9-12)22-18-17(16(15)24-19)25-20(3,4)26-18/h5-9,11,13-18H,10H2,1-4H3/t13-,14?,15-,16-,17+,18+/m0/s1.